The first-order valence-electron chi connectivity index (χ1n) is 5.77. The van der Waals surface area contributed by atoms with Gasteiger partial charge in [-0.15, -0.1) is 0 Å². The van der Waals surface area contributed by atoms with Gasteiger partial charge in [-0.25, -0.2) is 0 Å². The van der Waals surface area contributed by atoms with Gasteiger partial charge in [0, 0.05) is 6.61 Å². The molecule has 1 atom stereocenters. The van der Waals surface area contributed by atoms with Crippen LogP contribution in [0, 0.1) is 0 Å². The fourth-order valence-corrected chi connectivity index (χ4v) is 1.84. The molecule has 2 rings (SSSR count). The highest BCUT2D eigenvalue weighted by molar-refractivity contribution is 5.50. The zero-order valence-corrected chi connectivity index (χ0v) is 9.28. The fraction of sp³-hybridized carbons (Fsp3) is 0.429. The van der Waals surface area contributed by atoms with Gasteiger partial charge in [-0.05, 0) is 30.4 Å². The summed E-state index contributed by atoms with van der Waals surface area (Å²) in [4.78, 5) is 0. The third kappa shape index (κ3) is 2.93. The fourth-order valence-electron chi connectivity index (χ4n) is 1.84. The molecule has 80 valence electrons. The highest BCUT2D eigenvalue weighted by Crippen LogP contribution is 2.15. The van der Waals surface area contributed by atoms with Crippen LogP contribution in [0.5, 0.6) is 0 Å². The van der Waals surface area contributed by atoms with Crippen molar-refractivity contribution >= 4 is 6.08 Å². The van der Waals surface area contributed by atoms with E-state index in [1.165, 1.54) is 24.0 Å². The lowest BCUT2D eigenvalue weighted by Crippen LogP contribution is -1.98. The summed E-state index contributed by atoms with van der Waals surface area (Å²) < 4.78 is 5.53. The average Bonchev–Trinajstić information content (AvgIpc) is 2.80. The molecule has 1 aromatic carbocycles. The lowest BCUT2D eigenvalue weighted by molar-refractivity contribution is 0.146. The van der Waals surface area contributed by atoms with E-state index in [-0.39, 0.29) is 0 Å². The second-order valence-corrected chi connectivity index (χ2v) is 4.01. The monoisotopic (exact) mass is 202 g/mol. The first-order chi connectivity index (χ1) is 7.38. The van der Waals surface area contributed by atoms with Gasteiger partial charge in [0.2, 0.25) is 0 Å². The second kappa shape index (κ2) is 5.13. The van der Waals surface area contributed by atoms with Crippen LogP contribution in [0.3, 0.4) is 0 Å². The van der Waals surface area contributed by atoms with Crippen LogP contribution in [0.1, 0.15) is 30.9 Å². The molecule has 15 heavy (non-hydrogen) atoms. The maximum atomic E-state index is 5.53. The van der Waals surface area contributed by atoms with Crippen LogP contribution >= 0.6 is 0 Å². The largest absolute Gasteiger partial charge is 0.374 e. The van der Waals surface area contributed by atoms with Crippen molar-refractivity contribution < 1.29 is 4.74 Å². The van der Waals surface area contributed by atoms with Crippen LogP contribution in [-0.2, 0) is 11.2 Å². The van der Waals surface area contributed by atoms with Gasteiger partial charge in [0.25, 0.3) is 0 Å². The first-order valence-corrected chi connectivity index (χ1v) is 5.77. The summed E-state index contributed by atoms with van der Waals surface area (Å²) in [6, 6.07) is 8.72. The van der Waals surface area contributed by atoms with Crippen molar-refractivity contribution in [3.63, 3.8) is 0 Å². The molecule has 0 amide bonds. The molecule has 1 aliphatic heterocycles. The molecular formula is C14H18O. The Labute approximate surface area is 91.8 Å². The smallest absolute Gasteiger partial charge is 0.0759 e. The van der Waals surface area contributed by atoms with Crippen molar-refractivity contribution in [2.75, 3.05) is 6.61 Å². The summed E-state index contributed by atoms with van der Waals surface area (Å²) in [6.07, 6.45) is 8.16. The molecule has 0 spiro atoms. The Hall–Kier alpha value is -1.08. The van der Waals surface area contributed by atoms with Crippen molar-refractivity contribution in [3.8, 4) is 0 Å². The van der Waals surface area contributed by atoms with Gasteiger partial charge < -0.3 is 4.74 Å². The number of rotatable bonds is 3. The molecule has 0 N–H and O–H groups in total. The predicted molar refractivity (Wildman–Crippen MR) is 63.8 cm³/mol. The number of benzene rings is 1. The van der Waals surface area contributed by atoms with Crippen LogP contribution in [-0.4, -0.2) is 12.7 Å². The Kier molecular flexibility index (Phi) is 3.57. The van der Waals surface area contributed by atoms with Crippen LogP contribution in [0.4, 0.5) is 0 Å². The van der Waals surface area contributed by atoms with Crippen molar-refractivity contribution in [2.45, 2.75) is 32.3 Å². The molecule has 1 fully saturated rings. The van der Waals surface area contributed by atoms with Crippen molar-refractivity contribution in [2.24, 2.45) is 0 Å². The van der Waals surface area contributed by atoms with Gasteiger partial charge in [-0.3, -0.25) is 0 Å². The maximum Gasteiger partial charge on any atom is 0.0759 e. The van der Waals surface area contributed by atoms with Gasteiger partial charge in [-0.2, -0.15) is 0 Å². The highest BCUT2D eigenvalue weighted by atomic mass is 16.5. The minimum Gasteiger partial charge on any atom is -0.374 e. The van der Waals surface area contributed by atoms with Gasteiger partial charge in [0.1, 0.15) is 0 Å². The van der Waals surface area contributed by atoms with E-state index >= 15 is 0 Å². The number of hydrogen-bond donors (Lipinski definition) is 0. The lowest BCUT2D eigenvalue weighted by Gasteiger charge is -2.02. The Bertz CT molecular complexity index is 318. The van der Waals surface area contributed by atoms with Gasteiger partial charge in [-0.1, -0.05) is 43.3 Å². The Balaban J connectivity index is 1.97. The van der Waals surface area contributed by atoms with Crippen molar-refractivity contribution in [1.82, 2.24) is 0 Å². The van der Waals surface area contributed by atoms with Crippen molar-refractivity contribution in [3.05, 3.63) is 41.5 Å². The molecule has 1 heteroatoms. The summed E-state index contributed by atoms with van der Waals surface area (Å²) in [5, 5.41) is 0. The molecule has 1 nitrogen and oxygen atoms in total. The van der Waals surface area contributed by atoms with Crippen LogP contribution in [0.25, 0.3) is 6.08 Å². The maximum absolute atomic E-state index is 5.53. The third-order valence-electron chi connectivity index (χ3n) is 2.86. The van der Waals surface area contributed by atoms with E-state index in [0.29, 0.717) is 6.10 Å². The zero-order valence-electron chi connectivity index (χ0n) is 9.28. The van der Waals surface area contributed by atoms with E-state index in [2.05, 4.69) is 43.3 Å². The van der Waals surface area contributed by atoms with E-state index in [1.807, 2.05) is 0 Å². The van der Waals surface area contributed by atoms with Gasteiger partial charge in [0.05, 0.1) is 6.10 Å². The van der Waals surface area contributed by atoms with Crippen LogP contribution in [0.15, 0.2) is 30.3 Å². The number of hydrogen-bond acceptors (Lipinski definition) is 1. The standard InChI is InChI=1S/C14H18O/c1-2-12-5-7-13(8-6-12)9-10-14-4-3-11-15-14/h5-10,14H,2-4,11H2,1H3/b10-9-. The molecule has 0 radical (unpaired) electrons. The lowest BCUT2D eigenvalue weighted by atomic mass is 10.1. The van der Waals surface area contributed by atoms with E-state index in [9.17, 15) is 0 Å². The SMILES string of the molecule is CCc1ccc(/C=C\C2CCCO2)cc1. The summed E-state index contributed by atoms with van der Waals surface area (Å²) in [5.74, 6) is 0. The quantitative estimate of drug-likeness (QED) is 0.729. The molecule has 1 unspecified atom stereocenters. The first kappa shape index (κ1) is 10.4. The minimum absolute atomic E-state index is 0.343. The number of ether oxygens (including phenoxy) is 1. The Morgan fingerprint density at radius 3 is 2.73 bits per heavy atom. The summed E-state index contributed by atoms with van der Waals surface area (Å²) in [6.45, 7) is 3.10. The molecule has 0 aliphatic carbocycles. The summed E-state index contributed by atoms with van der Waals surface area (Å²) in [5.41, 5.74) is 2.66. The normalized spacial score (nSPS) is 21.3. The van der Waals surface area contributed by atoms with E-state index in [1.54, 1.807) is 0 Å². The van der Waals surface area contributed by atoms with Gasteiger partial charge >= 0.3 is 0 Å². The molecule has 0 aromatic heterocycles. The van der Waals surface area contributed by atoms with E-state index < -0.39 is 0 Å². The molecule has 1 aliphatic rings. The molecule has 0 bridgehead atoms. The molecule has 1 saturated heterocycles. The summed E-state index contributed by atoms with van der Waals surface area (Å²) in [7, 11) is 0. The van der Waals surface area contributed by atoms with E-state index in [0.717, 1.165) is 13.0 Å². The van der Waals surface area contributed by atoms with Gasteiger partial charge in [0.15, 0.2) is 0 Å². The minimum atomic E-state index is 0.343. The molecule has 1 aromatic rings. The Morgan fingerprint density at radius 2 is 2.13 bits per heavy atom. The van der Waals surface area contributed by atoms with Crippen LogP contribution in [0.2, 0.25) is 0 Å². The summed E-state index contributed by atoms with van der Waals surface area (Å²) >= 11 is 0. The highest BCUT2D eigenvalue weighted by Gasteiger charge is 2.10. The third-order valence-corrected chi connectivity index (χ3v) is 2.86. The molecule has 1 heterocycles. The number of aryl methyl sites for hydroxylation is 1. The average molecular weight is 202 g/mol. The van der Waals surface area contributed by atoms with Crippen molar-refractivity contribution in [1.29, 1.82) is 0 Å². The molecule has 0 saturated carbocycles. The Morgan fingerprint density at radius 1 is 1.33 bits per heavy atom. The zero-order chi connectivity index (χ0) is 10.5. The predicted octanol–water partition coefficient (Wildman–Crippen LogP) is 3.44. The topological polar surface area (TPSA) is 9.23 Å². The molecular weight excluding hydrogens is 184 g/mol. The van der Waals surface area contributed by atoms with E-state index in [4.69, 9.17) is 4.74 Å². The second-order valence-electron chi connectivity index (χ2n) is 4.01. The van der Waals surface area contributed by atoms with Crippen LogP contribution < -0.4 is 0 Å².